The molecule has 2 aromatic heterocycles. The molecule has 0 spiro atoms. The fourth-order valence-corrected chi connectivity index (χ4v) is 3.04. The van der Waals surface area contributed by atoms with Crippen LogP contribution in [0.15, 0.2) is 54.5 Å². The average molecular weight is 438 g/mol. The van der Waals surface area contributed by atoms with E-state index in [1.165, 1.54) is 17.0 Å². The van der Waals surface area contributed by atoms with Gasteiger partial charge in [-0.1, -0.05) is 18.2 Å². The van der Waals surface area contributed by atoms with Gasteiger partial charge in [-0.25, -0.2) is 9.37 Å². The second-order valence-electron chi connectivity index (χ2n) is 7.32. The lowest BCUT2D eigenvalue weighted by Gasteiger charge is -2.20. The van der Waals surface area contributed by atoms with Crippen LogP contribution in [0.2, 0.25) is 0 Å². The number of rotatable bonds is 9. The quantitative estimate of drug-likeness (QED) is 0.495. The van der Waals surface area contributed by atoms with E-state index in [1.54, 1.807) is 49.3 Å². The van der Waals surface area contributed by atoms with Gasteiger partial charge < -0.3 is 15.5 Å². The zero-order valence-electron chi connectivity index (χ0n) is 18.8. The van der Waals surface area contributed by atoms with Crippen LogP contribution >= 0.6 is 0 Å². The fraction of sp³-hybridized carbons (Fsp3) is 0.304. The van der Waals surface area contributed by atoms with E-state index in [0.717, 1.165) is 11.1 Å². The van der Waals surface area contributed by atoms with Gasteiger partial charge in [-0.3, -0.25) is 9.48 Å². The van der Waals surface area contributed by atoms with Crippen molar-refractivity contribution in [1.82, 2.24) is 19.7 Å². The number of carbonyl (C=O) groups is 1. The largest absolute Gasteiger partial charge is 0.368 e. The lowest BCUT2D eigenvalue weighted by Crippen LogP contribution is -2.28. The first kappa shape index (κ1) is 22.9. The summed E-state index contributed by atoms with van der Waals surface area (Å²) >= 11 is 0. The van der Waals surface area contributed by atoms with Gasteiger partial charge in [0.05, 0.1) is 18.9 Å². The number of likely N-dealkylation sites (N-methyl/N-ethyl adjacent to an activating group) is 1. The molecular weight excluding hydrogens is 409 g/mol. The SMILES string of the molecule is C/C=C(/C)C(=O)N(C)c1cnc(NCc2cnn(Cc3ccc(F)cc3)c2)nc1NCC. The average Bonchev–Trinajstić information content (AvgIpc) is 3.25. The van der Waals surface area contributed by atoms with Crippen LogP contribution in [0.4, 0.5) is 21.8 Å². The Kier molecular flexibility index (Phi) is 7.54. The van der Waals surface area contributed by atoms with Gasteiger partial charge in [0, 0.05) is 37.5 Å². The molecule has 0 atom stereocenters. The van der Waals surface area contributed by atoms with E-state index in [2.05, 4.69) is 25.7 Å². The Morgan fingerprint density at radius 1 is 1.19 bits per heavy atom. The van der Waals surface area contributed by atoms with Gasteiger partial charge in [0.2, 0.25) is 5.95 Å². The van der Waals surface area contributed by atoms with E-state index in [9.17, 15) is 9.18 Å². The third kappa shape index (κ3) is 5.69. The normalized spacial score (nSPS) is 11.3. The minimum absolute atomic E-state index is 0.107. The molecule has 0 aliphatic rings. The zero-order valence-corrected chi connectivity index (χ0v) is 18.8. The topological polar surface area (TPSA) is 88.0 Å². The summed E-state index contributed by atoms with van der Waals surface area (Å²) in [5.41, 5.74) is 3.18. The van der Waals surface area contributed by atoms with Gasteiger partial charge in [0.25, 0.3) is 5.91 Å². The Labute approximate surface area is 187 Å². The van der Waals surface area contributed by atoms with Crippen LogP contribution in [0.5, 0.6) is 0 Å². The van der Waals surface area contributed by atoms with E-state index < -0.39 is 0 Å². The summed E-state index contributed by atoms with van der Waals surface area (Å²) in [6.07, 6.45) is 7.09. The molecule has 9 heteroatoms. The van der Waals surface area contributed by atoms with Gasteiger partial charge in [0.15, 0.2) is 5.82 Å². The molecule has 0 unspecified atom stereocenters. The Balaban J connectivity index is 1.67. The number of aromatic nitrogens is 4. The number of allylic oxidation sites excluding steroid dienone is 1. The van der Waals surface area contributed by atoms with E-state index in [1.807, 2.05) is 20.0 Å². The highest BCUT2D eigenvalue weighted by Gasteiger charge is 2.18. The molecule has 32 heavy (non-hydrogen) atoms. The van der Waals surface area contributed by atoms with Crippen LogP contribution in [0.3, 0.4) is 0 Å². The Hall–Kier alpha value is -3.75. The minimum atomic E-state index is -0.255. The van der Waals surface area contributed by atoms with Crippen LogP contribution < -0.4 is 15.5 Å². The van der Waals surface area contributed by atoms with E-state index in [4.69, 9.17) is 0 Å². The summed E-state index contributed by atoms with van der Waals surface area (Å²) in [5, 5.41) is 10.7. The molecule has 2 heterocycles. The number of carbonyl (C=O) groups excluding carboxylic acids is 1. The smallest absolute Gasteiger partial charge is 0.253 e. The first-order valence-electron chi connectivity index (χ1n) is 10.4. The number of hydrogen-bond donors (Lipinski definition) is 2. The summed E-state index contributed by atoms with van der Waals surface area (Å²) in [4.78, 5) is 23.0. The maximum atomic E-state index is 13.1. The molecule has 1 aromatic carbocycles. The first-order valence-corrected chi connectivity index (χ1v) is 10.4. The number of benzene rings is 1. The van der Waals surface area contributed by atoms with E-state index in [-0.39, 0.29) is 11.7 Å². The molecule has 0 aliphatic carbocycles. The van der Waals surface area contributed by atoms with Gasteiger partial charge in [0.1, 0.15) is 11.5 Å². The molecular formula is C23H28FN7O. The standard InChI is InChI=1S/C23H28FN7O/c1-5-16(3)22(32)30(4)20-13-27-23(29-21(20)25-6-2)26-11-18-12-28-31(15-18)14-17-7-9-19(24)10-8-17/h5,7-10,12-13,15H,6,11,14H2,1-4H3,(H2,25,26,27,29)/b16-5-. The summed E-state index contributed by atoms with van der Waals surface area (Å²) in [6.45, 7) is 7.27. The molecule has 3 aromatic rings. The first-order chi connectivity index (χ1) is 15.4. The Morgan fingerprint density at radius 2 is 1.94 bits per heavy atom. The lowest BCUT2D eigenvalue weighted by molar-refractivity contribution is -0.114. The van der Waals surface area contributed by atoms with Gasteiger partial charge in [-0.15, -0.1) is 0 Å². The molecule has 0 bridgehead atoms. The molecule has 0 radical (unpaired) electrons. The maximum Gasteiger partial charge on any atom is 0.253 e. The number of nitrogens with one attached hydrogen (secondary N) is 2. The summed E-state index contributed by atoms with van der Waals surface area (Å²) in [5.74, 6) is 0.662. The van der Waals surface area contributed by atoms with Crippen molar-refractivity contribution in [3.8, 4) is 0 Å². The molecule has 1 amide bonds. The third-order valence-electron chi connectivity index (χ3n) is 4.95. The number of nitrogens with zero attached hydrogens (tertiary/aromatic N) is 5. The zero-order chi connectivity index (χ0) is 23.1. The third-order valence-corrected chi connectivity index (χ3v) is 4.95. The van der Waals surface area contributed by atoms with Crippen molar-refractivity contribution in [2.24, 2.45) is 0 Å². The van der Waals surface area contributed by atoms with Crippen molar-refractivity contribution in [2.45, 2.75) is 33.9 Å². The number of amides is 1. The molecule has 0 saturated heterocycles. The number of hydrogen-bond acceptors (Lipinski definition) is 6. The Morgan fingerprint density at radius 3 is 2.62 bits per heavy atom. The molecule has 0 saturated carbocycles. The van der Waals surface area contributed by atoms with Crippen molar-refractivity contribution < 1.29 is 9.18 Å². The van der Waals surface area contributed by atoms with Crippen LogP contribution in [0.25, 0.3) is 0 Å². The highest BCUT2D eigenvalue weighted by molar-refractivity contribution is 6.06. The maximum absolute atomic E-state index is 13.1. The lowest BCUT2D eigenvalue weighted by atomic mass is 10.2. The molecule has 8 nitrogen and oxygen atoms in total. The van der Waals surface area contributed by atoms with Gasteiger partial charge in [-0.05, 0) is 38.5 Å². The second-order valence-corrected chi connectivity index (χ2v) is 7.32. The summed E-state index contributed by atoms with van der Waals surface area (Å²) in [6, 6.07) is 6.36. The van der Waals surface area contributed by atoms with Crippen molar-refractivity contribution in [2.75, 3.05) is 29.1 Å². The van der Waals surface area contributed by atoms with Gasteiger partial charge in [-0.2, -0.15) is 10.1 Å². The molecule has 0 aliphatic heterocycles. The predicted molar refractivity (Wildman–Crippen MR) is 124 cm³/mol. The van der Waals surface area contributed by atoms with Crippen LogP contribution in [0, 0.1) is 5.82 Å². The number of anilines is 3. The minimum Gasteiger partial charge on any atom is -0.368 e. The number of halogens is 1. The van der Waals surface area contributed by atoms with Crippen molar-refractivity contribution in [3.05, 3.63) is 71.4 Å². The molecule has 168 valence electrons. The van der Waals surface area contributed by atoms with E-state index in [0.29, 0.717) is 42.7 Å². The highest BCUT2D eigenvalue weighted by atomic mass is 19.1. The molecule has 3 rings (SSSR count). The fourth-order valence-electron chi connectivity index (χ4n) is 3.04. The molecule has 0 fully saturated rings. The van der Waals surface area contributed by atoms with Crippen molar-refractivity contribution >= 4 is 23.4 Å². The summed E-state index contributed by atoms with van der Waals surface area (Å²) in [7, 11) is 1.71. The van der Waals surface area contributed by atoms with Crippen molar-refractivity contribution in [3.63, 3.8) is 0 Å². The van der Waals surface area contributed by atoms with Crippen LogP contribution in [-0.2, 0) is 17.9 Å². The second kappa shape index (κ2) is 10.5. The van der Waals surface area contributed by atoms with Crippen LogP contribution in [0.1, 0.15) is 31.9 Å². The Bertz CT molecular complexity index is 1090. The van der Waals surface area contributed by atoms with Gasteiger partial charge >= 0.3 is 0 Å². The monoisotopic (exact) mass is 437 g/mol. The van der Waals surface area contributed by atoms with E-state index >= 15 is 0 Å². The highest BCUT2D eigenvalue weighted by Crippen LogP contribution is 2.24. The molecule has 2 N–H and O–H groups in total. The summed E-state index contributed by atoms with van der Waals surface area (Å²) < 4.78 is 14.9. The van der Waals surface area contributed by atoms with Crippen molar-refractivity contribution in [1.29, 1.82) is 0 Å². The predicted octanol–water partition coefficient (Wildman–Crippen LogP) is 3.83. The van der Waals surface area contributed by atoms with Crippen LogP contribution in [-0.4, -0.2) is 39.2 Å².